The number of nitrogens with zero attached hydrogens (tertiary/aromatic N) is 2. The summed E-state index contributed by atoms with van der Waals surface area (Å²) >= 11 is 1.46. The van der Waals surface area contributed by atoms with E-state index in [2.05, 4.69) is 9.71 Å². The van der Waals surface area contributed by atoms with Crippen molar-refractivity contribution in [2.24, 2.45) is 5.92 Å². The average molecular weight is 305 g/mol. The third-order valence-electron chi connectivity index (χ3n) is 3.23. The van der Waals surface area contributed by atoms with E-state index in [0.717, 1.165) is 18.5 Å². The number of thiazole rings is 1. The molecule has 19 heavy (non-hydrogen) atoms. The molecule has 2 rings (SSSR count). The average Bonchev–Trinajstić information content (AvgIpc) is 2.91. The Bertz CT molecular complexity index is 467. The Morgan fingerprint density at radius 2 is 2.26 bits per heavy atom. The van der Waals surface area contributed by atoms with Crippen molar-refractivity contribution in [1.82, 2.24) is 14.0 Å². The fourth-order valence-electron chi connectivity index (χ4n) is 2.13. The number of piperidine rings is 1. The highest BCUT2D eigenvalue weighted by Gasteiger charge is 2.27. The smallest absolute Gasteiger partial charge is 0.279 e. The van der Waals surface area contributed by atoms with Gasteiger partial charge in [-0.1, -0.05) is 0 Å². The van der Waals surface area contributed by atoms with E-state index in [4.69, 9.17) is 4.74 Å². The summed E-state index contributed by atoms with van der Waals surface area (Å²) in [5.74, 6) is 0.468. The molecule has 0 amide bonds. The summed E-state index contributed by atoms with van der Waals surface area (Å²) in [5, 5.41) is 1.84. The van der Waals surface area contributed by atoms with Crippen LogP contribution in [0.5, 0.6) is 0 Å². The van der Waals surface area contributed by atoms with Gasteiger partial charge in [0.1, 0.15) is 0 Å². The van der Waals surface area contributed by atoms with Crippen molar-refractivity contribution in [2.45, 2.75) is 19.4 Å². The summed E-state index contributed by atoms with van der Waals surface area (Å²) in [4.78, 5) is 4.06. The second-order valence-corrected chi connectivity index (χ2v) is 7.08. The summed E-state index contributed by atoms with van der Waals surface area (Å²) in [5.41, 5.74) is 2.45. The maximum Gasteiger partial charge on any atom is 0.279 e. The van der Waals surface area contributed by atoms with E-state index >= 15 is 0 Å². The van der Waals surface area contributed by atoms with Gasteiger partial charge in [-0.05, 0) is 18.8 Å². The number of ether oxygens (including phenoxy) is 1. The van der Waals surface area contributed by atoms with Gasteiger partial charge in [-0.15, -0.1) is 11.3 Å². The van der Waals surface area contributed by atoms with Crippen molar-refractivity contribution >= 4 is 21.5 Å². The van der Waals surface area contributed by atoms with E-state index in [0.29, 0.717) is 25.6 Å². The molecule has 0 atom stereocenters. The zero-order valence-electron chi connectivity index (χ0n) is 10.9. The number of rotatable bonds is 6. The van der Waals surface area contributed by atoms with Crippen LogP contribution in [0.15, 0.2) is 10.9 Å². The molecule has 0 radical (unpaired) electrons. The molecule has 1 N–H and O–H groups in total. The van der Waals surface area contributed by atoms with Gasteiger partial charge in [-0.3, -0.25) is 0 Å². The molecular formula is C11H19N3O3S2. The Morgan fingerprint density at radius 3 is 2.84 bits per heavy atom. The van der Waals surface area contributed by atoms with Crippen molar-refractivity contribution in [3.63, 3.8) is 0 Å². The van der Waals surface area contributed by atoms with Crippen LogP contribution in [0.2, 0.25) is 0 Å². The van der Waals surface area contributed by atoms with Gasteiger partial charge in [0.25, 0.3) is 10.2 Å². The van der Waals surface area contributed by atoms with Crippen LogP contribution in [-0.4, -0.2) is 44.5 Å². The van der Waals surface area contributed by atoms with Crippen LogP contribution in [0.3, 0.4) is 0 Å². The van der Waals surface area contributed by atoms with E-state index in [1.807, 2.05) is 5.38 Å². The van der Waals surface area contributed by atoms with Crippen LogP contribution in [0.25, 0.3) is 0 Å². The fraction of sp³-hybridized carbons (Fsp3) is 0.727. The topological polar surface area (TPSA) is 71.5 Å². The van der Waals surface area contributed by atoms with E-state index in [1.54, 1.807) is 12.6 Å². The SMILES string of the molecule is COCC1CCN(S(=O)(=O)NCc2cscn2)CC1. The van der Waals surface area contributed by atoms with Crippen LogP contribution >= 0.6 is 11.3 Å². The van der Waals surface area contributed by atoms with Gasteiger partial charge in [0, 0.05) is 32.2 Å². The minimum Gasteiger partial charge on any atom is -0.384 e. The fourth-order valence-corrected chi connectivity index (χ4v) is 3.90. The lowest BCUT2D eigenvalue weighted by Crippen LogP contribution is -2.45. The summed E-state index contributed by atoms with van der Waals surface area (Å²) in [7, 11) is -1.71. The van der Waals surface area contributed by atoms with Crippen LogP contribution in [0, 0.1) is 5.92 Å². The van der Waals surface area contributed by atoms with Crippen molar-refractivity contribution in [3.8, 4) is 0 Å². The lowest BCUT2D eigenvalue weighted by Gasteiger charge is -2.30. The summed E-state index contributed by atoms with van der Waals surface area (Å²) in [6.45, 7) is 2.07. The third kappa shape index (κ3) is 4.22. The normalized spacial score (nSPS) is 18.8. The Hall–Kier alpha value is -0.540. The quantitative estimate of drug-likeness (QED) is 0.845. The van der Waals surface area contributed by atoms with Crippen molar-refractivity contribution in [2.75, 3.05) is 26.8 Å². The Labute approximate surface area is 118 Å². The zero-order chi connectivity index (χ0) is 13.7. The molecule has 6 nitrogen and oxygen atoms in total. The molecule has 1 fully saturated rings. The minimum atomic E-state index is -3.39. The van der Waals surface area contributed by atoms with Gasteiger partial charge in [0.2, 0.25) is 0 Å². The summed E-state index contributed by atoms with van der Waals surface area (Å²) in [6.07, 6.45) is 1.71. The first-order valence-electron chi connectivity index (χ1n) is 6.22. The Kier molecular flexibility index (Phi) is 5.28. The molecule has 0 saturated carbocycles. The van der Waals surface area contributed by atoms with E-state index in [-0.39, 0.29) is 6.54 Å². The third-order valence-corrected chi connectivity index (χ3v) is 5.42. The monoisotopic (exact) mass is 305 g/mol. The van der Waals surface area contributed by atoms with Gasteiger partial charge in [0.05, 0.1) is 17.7 Å². The molecule has 1 aromatic heterocycles. The highest BCUT2D eigenvalue weighted by atomic mass is 32.2. The lowest BCUT2D eigenvalue weighted by atomic mass is 9.99. The highest BCUT2D eigenvalue weighted by Crippen LogP contribution is 2.19. The minimum absolute atomic E-state index is 0.254. The molecule has 1 aliphatic heterocycles. The lowest BCUT2D eigenvalue weighted by molar-refractivity contribution is 0.121. The van der Waals surface area contributed by atoms with E-state index < -0.39 is 10.2 Å². The first kappa shape index (κ1) is 14.9. The van der Waals surface area contributed by atoms with E-state index in [1.165, 1.54) is 15.6 Å². The van der Waals surface area contributed by atoms with Crippen LogP contribution in [0.4, 0.5) is 0 Å². The predicted molar refractivity (Wildman–Crippen MR) is 74.0 cm³/mol. The molecule has 2 heterocycles. The van der Waals surface area contributed by atoms with Crippen molar-refractivity contribution in [3.05, 3.63) is 16.6 Å². The summed E-state index contributed by atoms with van der Waals surface area (Å²) < 4.78 is 33.4. The number of hydrogen-bond donors (Lipinski definition) is 1. The van der Waals surface area contributed by atoms with Gasteiger partial charge in [-0.2, -0.15) is 17.4 Å². The molecule has 0 aliphatic carbocycles. The molecule has 8 heteroatoms. The number of methoxy groups -OCH3 is 1. The molecule has 108 valence electrons. The second kappa shape index (κ2) is 6.76. The van der Waals surface area contributed by atoms with Crippen LogP contribution < -0.4 is 4.72 Å². The van der Waals surface area contributed by atoms with E-state index in [9.17, 15) is 8.42 Å². The maximum absolute atomic E-state index is 12.1. The molecule has 1 aromatic rings. The molecular weight excluding hydrogens is 286 g/mol. The maximum atomic E-state index is 12.1. The Morgan fingerprint density at radius 1 is 1.53 bits per heavy atom. The molecule has 0 unspecified atom stereocenters. The van der Waals surface area contributed by atoms with Gasteiger partial charge in [-0.25, -0.2) is 4.98 Å². The van der Waals surface area contributed by atoms with Crippen molar-refractivity contribution < 1.29 is 13.2 Å². The second-order valence-electron chi connectivity index (χ2n) is 4.60. The standard InChI is InChI=1S/C11H19N3O3S2/c1-17-7-10-2-4-14(5-3-10)19(15,16)13-6-11-8-18-9-12-11/h8-10,13H,2-7H2,1H3. The molecule has 0 spiro atoms. The number of aromatic nitrogens is 1. The van der Waals surface area contributed by atoms with Gasteiger partial charge < -0.3 is 4.74 Å². The first-order valence-corrected chi connectivity index (χ1v) is 8.61. The van der Waals surface area contributed by atoms with Crippen molar-refractivity contribution in [1.29, 1.82) is 0 Å². The number of hydrogen-bond acceptors (Lipinski definition) is 5. The molecule has 0 aromatic carbocycles. The zero-order valence-corrected chi connectivity index (χ0v) is 12.5. The first-order chi connectivity index (χ1) is 9.12. The summed E-state index contributed by atoms with van der Waals surface area (Å²) in [6, 6.07) is 0. The predicted octanol–water partition coefficient (Wildman–Crippen LogP) is 0.836. The number of nitrogens with one attached hydrogen (secondary N) is 1. The van der Waals surface area contributed by atoms with Gasteiger partial charge >= 0.3 is 0 Å². The largest absolute Gasteiger partial charge is 0.384 e. The molecule has 0 bridgehead atoms. The molecule has 1 aliphatic rings. The van der Waals surface area contributed by atoms with Crippen LogP contribution in [-0.2, 0) is 21.5 Å². The molecule has 1 saturated heterocycles. The van der Waals surface area contributed by atoms with Gasteiger partial charge in [0.15, 0.2) is 0 Å². The Balaban J connectivity index is 1.83. The highest BCUT2D eigenvalue weighted by molar-refractivity contribution is 7.87. The van der Waals surface area contributed by atoms with Crippen LogP contribution in [0.1, 0.15) is 18.5 Å².